The van der Waals surface area contributed by atoms with Crippen molar-refractivity contribution in [3.8, 4) is 11.4 Å². The van der Waals surface area contributed by atoms with Gasteiger partial charge in [0.2, 0.25) is 5.69 Å². The number of esters is 1. The molecule has 1 heterocycles. The normalized spacial score (nSPS) is 12.8. The number of ether oxygens (including phenoxy) is 2. The van der Waals surface area contributed by atoms with Crippen LogP contribution in [0.25, 0.3) is 5.69 Å². The number of amides is 1. The molecule has 4 aromatic rings. The lowest BCUT2D eigenvalue weighted by atomic mass is 9.83. The second kappa shape index (κ2) is 9.54. The van der Waals surface area contributed by atoms with Gasteiger partial charge in [0.1, 0.15) is 0 Å². The maximum atomic E-state index is 13.2. The Balaban J connectivity index is 1.35. The van der Waals surface area contributed by atoms with Crippen molar-refractivity contribution in [2.24, 2.45) is 0 Å². The van der Waals surface area contributed by atoms with Gasteiger partial charge >= 0.3 is 5.97 Å². The van der Waals surface area contributed by atoms with Gasteiger partial charge in [-0.2, -0.15) is 5.10 Å². The van der Waals surface area contributed by atoms with Crippen LogP contribution in [0.3, 0.4) is 0 Å². The van der Waals surface area contributed by atoms with E-state index in [2.05, 4.69) is 10.4 Å². The minimum atomic E-state index is -1.24. The fourth-order valence-electron chi connectivity index (χ4n) is 4.12. The van der Waals surface area contributed by atoms with Crippen molar-refractivity contribution in [3.05, 3.63) is 107 Å². The Hall–Kier alpha value is -5.05. The molecule has 184 valence electrons. The minimum Gasteiger partial charge on any atom is -0.493 e. The standard InChI is InChI=1S/C28H21N3O6/c1-16(37-28(35)24-22(36-2)15-31(30-24)17-9-4-3-5-10-17)27(34)29-21-14-8-13-20-23(21)26(33)19-12-7-6-11-18(19)25(20)32/h3-16H,1-2H3,(H,29,34). The van der Waals surface area contributed by atoms with Gasteiger partial charge in [-0.3, -0.25) is 14.4 Å². The van der Waals surface area contributed by atoms with Crippen LogP contribution in [-0.2, 0) is 9.53 Å². The SMILES string of the molecule is COc1cn(-c2ccccc2)nc1C(=O)OC(C)C(=O)Nc1cccc2c1C(=O)c1ccccc1C2=O. The summed E-state index contributed by atoms with van der Waals surface area (Å²) in [6, 6.07) is 20.3. The molecule has 9 heteroatoms. The Kier molecular flexibility index (Phi) is 6.10. The number of aromatic nitrogens is 2. The van der Waals surface area contributed by atoms with E-state index in [0.29, 0.717) is 11.3 Å². The van der Waals surface area contributed by atoms with E-state index in [0.717, 1.165) is 0 Å². The first-order chi connectivity index (χ1) is 17.9. The lowest BCUT2D eigenvalue weighted by Crippen LogP contribution is -2.31. The molecule has 1 atom stereocenters. The van der Waals surface area contributed by atoms with Gasteiger partial charge in [-0.05, 0) is 25.1 Å². The van der Waals surface area contributed by atoms with Gasteiger partial charge in [-0.15, -0.1) is 0 Å². The first-order valence-electron chi connectivity index (χ1n) is 11.4. The molecule has 0 bridgehead atoms. The summed E-state index contributed by atoms with van der Waals surface area (Å²) >= 11 is 0. The number of nitrogens with one attached hydrogen (secondary N) is 1. The van der Waals surface area contributed by atoms with E-state index >= 15 is 0 Å². The van der Waals surface area contributed by atoms with E-state index in [1.807, 2.05) is 30.3 Å². The van der Waals surface area contributed by atoms with Gasteiger partial charge in [0.25, 0.3) is 5.91 Å². The van der Waals surface area contributed by atoms with Crippen LogP contribution in [0.2, 0.25) is 0 Å². The van der Waals surface area contributed by atoms with Crippen molar-refractivity contribution in [2.45, 2.75) is 13.0 Å². The number of carbonyl (C=O) groups excluding carboxylic acids is 4. The number of carbonyl (C=O) groups is 4. The molecule has 0 spiro atoms. The summed E-state index contributed by atoms with van der Waals surface area (Å²) in [6.45, 7) is 1.39. The number of fused-ring (bicyclic) bond motifs is 2. The fourth-order valence-corrected chi connectivity index (χ4v) is 4.12. The van der Waals surface area contributed by atoms with E-state index in [1.165, 1.54) is 31.0 Å². The second-order valence-corrected chi connectivity index (χ2v) is 8.29. The topological polar surface area (TPSA) is 117 Å². The Morgan fingerprint density at radius 1 is 0.865 bits per heavy atom. The predicted octanol–water partition coefficient (Wildman–Crippen LogP) is 3.84. The maximum Gasteiger partial charge on any atom is 0.363 e. The van der Waals surface area contributed by atoms with Crippen molar-refractivity contribution < 1.29 is 28.7 Å². The van der Waals surface area contributed by atoms with Crippen LogP contribution >= 0.6 is 0 Å². The predicted molar refractivity (Wildman–Crippen MR) is 133 cm³/mol. The summed E-state index contributed by atoms with van der Waals surface area (Å²) in [4.78, 5) is 51.9. The van der Waals surface area contributed by atoms with Crippen LogP contribution in [0, 0.1) is 0 Å². The molecule has 1 aromatic heterocycles. The molecule has 0 fully saturated rings. The number of para-hydroxylation sites is 1. The Labute approximate surface area is 211 Å². The summed E-state index contributed by atoms with van der Waals surface area (Å²) in [7, 11) is 1.40. The van der Waals surface area contributed by atoms with Crippen LogP contribution in [0.4, 0.5) is 5.69 Å². The zero-order valence-corrected chi connectivity index (χ0v) is 19.9. The van der Waals surface area contributed by atoms with Crippen LogP contribution in [0.1, 0.15) is 49.3 Å². The number of hydrogen-bond donors (Lipinski definition) is 1. The molecule has 0 saturated carbocycles. The number of rotatable bonds is 6. The fraction of sp³-hybridized carbons (Fsp3) is 0.107. The van der Waals surface area contributed by atoms with Crippen molar-refractivity contribution in [1.82, 2.24) is 9.78 Å². The number of benzene rings is 3. The van der Waals surface area contributed by atoms with Crippen LogP contribution in [0.15, 0.2) is 79.0 Å². The summed E-state index contributed by atoms with van der Waals surface area (Å²) in [5, 5.41) is 6.87. The highest BCUT2D eigenvalue weighted by atomic mass is 16.6. The molecular weight excluding hydrogens is 474 g/mol. The number of anilines is 1. The third-order valence-electron chi connectivity index (χ3n) is 5.98. The minimum absolute atomic E-state index is 0.0968. The third kappa shape index (κ3) is 4.27. The summed E-state index contributed by atoms with van der Waals surface area (Å²) < 4.78 is 12.1. The zero-order valence-electron chi connectivity index (χ0n) is 19.9. The molecule has 5 rings (SSSR count). The Bertz CT molecular complexity index is 1560. The van der Waals surface area contributed by atoms with Gasteiger partial charge in [0.15, 0.2) is 23.4 Å². The van der Waals surface area contributed by atoms with Crippen LogP contribution in [0.5, 0.6) is 5.75 Å². The van der Waals surface area contributed by atoms with Crippen molar-refractivity contribution in [2.75, 3.05) is 12.4 Å². The average molecular weight is 495 g/mol. The van der Waals surface area contributed by atoms with Gasteiger partial charge in [-0.1, -0.05) is 54.6 Å². The highest BCUT2D eigenvalue weighted by Crippen LogP contribution is 2.32. The summed E-state index contributed by atoms with van der Waals surface area (Å²) in [5.74, 6) is -2.03. The average Bonchev–Trinajstić information content (AvgIpc) is 3.37. The molecule has 0 saturated heterocycles. The largest absolute Gasteiger partial charge is 0.493 e. The van der Waals surface area contributed by atoms with E-state index in [9.17, 15) is 19.2 Å². The first-order valence-corrected chi connectivity index (χ1v) is 11.4. The van der Waals surface area contributed by atoms with Crippen molar-refractivity contribution in [3.63, 3.8) is 0 Å². The lowest BCUT2D eigenvalue weighted by molar-refractivity contribution is -0.123. The van der Waals surface area contributed by atoms with Crippen LogP contribution in [-0.4, -0.2) is 46.4 Å². The first kappa shape index (κ1) is 23.7. The lowest BCUT2D eigenvalue weighted by Gasteiger charge is -2.21. The van der Waals surface area contributed by atoms with Gasteiger partial charge < -0.3 is 14.8 Å². The number of methoxy groups -OCH3 is 1. The van der Waals surface area contributed by atoms with E-state index in [1.54, 1.807) is 36.4 Å². The molecule has 1 unspecified atom stereocenters. The van der Waals surface area contributed by atoms with Crippen LogP contribution < -0.4 is 10.1 Å². The molecule has 1 aliphatic carbocycles. The summed E-state index contributed by atoms with van der Waals surface area (Å²) in [5.41, 5.74) is 1.64. The molecule has 1 amide bonds. The third-order valence-corrected chi connectivity index (χ3v) is 5.98. The maximum absolute atomic E-state index is 13.2. The van der Waals surface area contributed by atoms with Crippen molar-refractivity contribution >= 4 is 29.1 Å². The highest BCUT2D eigenvalue weighted by Gasteiger charge is 2.32. The highest BCUT2D eigenvalue weighted by molar-refractivity contribution is 6.30. The van der Waals surface area contributed by atoms with Gasteiger partial charge in [-0.25, -0.2) is 9.48 Å². The quantitative estimate of drug-likeness (QED) is 0.356. The molecule has 0 radical (unpaired) electrons. The number of nitrogens with zero attached hydrogens (tertiary/aromatic N) is 2. The monoisotopic (exact) mass is 495 g/mol. The number of hydrogen-bond acceptors (Lipinski definition) is 7. The zero-order chi connectivity index (χ0) is 26.1. The smallest absolute Gasteiger partial charge is 0.363 e. The molecule has 9 nitrogen and oxygen atoms in total. The molecule has 37 heavy (non-hydrogen) atoms. The van der Waals surface area contributed by atoms with Crippen molar-refractivity contribution in [1.29, 1.82) is 0 Å². The molecule has 0 aliphatic heterocycles. The molecule has 1 N–H and O–H groups in total. The van der Waals surface area contributed by atoms with E-state index < -0.39 is 18.0 Å². The van der Waals surface area contributed by atoms with Gasteiger partial charge in [0, 0.05) is 16.7 Å². The summed E-state index contributed by atoms with van der Waals surface area (Å²) in [6.07, 6.45) is 0.296. The molecule has 3 aromatic carbocycles. The Morgan fingerprint density at radius 2 is 1.51 bits per heavy atom. The van der Waals surface area contributed by atoms with E-state index in [-0.39, 0.29) is 45.4 Å². The number of ketones is 2. The van der Waals surface area contributed by atoms with E-state index in [4.69, 9.17) is 9.47 Å². The molecule has 1 aliphatic rings. The Morgan fingerprint density at radius 3 is 2.22 bits per heavy atom. The molecular formula is C28H21N3O6. The second-order valence-electron chi connectivity index (χ2n) is 8.29. The van der Waals surface area contributed by atoms with Gasteiger partial charge in [0.05, 0.1) is 30.2 Å².